The second-order valence-electron chi connectivity index (χ2n) is 4.59. The Morgan fingerprint density at radius 1 is 1.28 bits per heavy atom. The van der Waals surface area contributed by atoms with Crippen molar-refractivity contribution >= 4 is 21.7 Å². The van der Waals surface area contributed by atoms with Crippen molar-refractivity contribution in [2.75, 3.05) is 5.73 Å². The van der Waals surface area contributed by atoms with Crippen molar-refractivity contribution in [2.45, 2.75) is 33.2 Å². The fraction of sp³-hybridized carbons (Fsp3) is 0.357. The molecule has 1 aromatic heterocycles. The molecular weight excluding hydrogens is 290 g/mol. The summed E-state index contributed by atoms with van der Waals surface area (Å²) >= 11 is 3.44. The minimum absolute atomic E-state index is 0.330. The molecular formula is C14H18BrN3. The van der Waals surface area contributed by atoms with E-state index < -0.39 is 0 Å². The van der Waals surface area contributed by atoms with Gasteiger partial charge in [0.25, 0.3) is 0 Å². The lowest BCUT2D eigenvalue weighted by Gasteiger charge is -2.12. The SMILES string of the molecule is CCc1nc(-c2ccc(Br)cc2)c(N)n1C(C)C. The number of hydrogen-bond acceptors (Lipinski definition) is 2. The summed E-state index contributed by atoms with van der Waals surface area (Å²) in [5.41, 5.74) is 8.18. The summed E-state index contributed by atoms with van der Waals surface area (Å²) in [6.45, 7) is 6.36. The van der Waals surface area contributed by atoms with Gasteiger partial charge < -0.3 is 10.3 Å². The predicted molar refractivity (Wildman–Crippen MR) is 79.5 cm³/mol. The average molecular weight is 308 g/mol. The molecule has 4 heteroatoms. The topological polar surface area (TPSA) is 43.8 Å². The highest BCUT2D eigenvalue weighted by Crippen LogP contribution is 2.30. The van der Waals surface area contributed by atoms with Gasteiger partial charge in [0.2, 0.25) is 0 Å². The second kappa shape index (κ2) is 5.14. The molecule has 0 saturated heterocycles. The van der Waals surface area contributed by atoms with E-state index in [1.807, 2.05) is 24.3 Å². The molecule has 0 aliphatic carbocycles. The minimum atomic E-state index is 0.330. The van der Waals surface area contributed by atoms with E-state index in [1.54, 1.807) is 0 Å². The van der Waals surface area contributed by atoms with Crippen molar-refractivity contribution in [1.82, 2.24) is 9.55 Å². The van der Waals surface area contributed by atoms with E-state index in [0.717, 1.165) is 33.8 Å². The fourth-order valence-electron chi connectivity index (χ4n) is 2.14. The standard InChI is InChI=1S/C14H18BrN3/c1-4-12-17-13(14(16)18(12)9(2)3)10-5-7-11(15)8-6-10/h5-9H,4,16H2,1-3H3. The first-order valence-corrected chi connectivity index (χ1v) is 6.96. The Morgan fingerprint density at radius 3 is 2.33 bits per heavy atom. The number of nitrogen functional groups attached to an aromatic ring is 1. The van der Waals surface area contributed by atoms with Gasteiger partial charge in [-0.3, -0.25) is 0 Å². The highest BCUT2D eigenvalue weighted by molar-refractivity contribution is 9.10. The third-order valence-electron chi connectivity index (χ3n) is 2.97. The van der Waals surface area contributed by atoms with Crippen molar-refractivity contribution in [3.05, 3.63) is 34.6 Å². The number of imidazole rings is 1. The molecule has 0 fully saturated rings. The third kappa shape index (κ3) is 2.29. The van der Waals surface area contributed by atoms with Crippen LogP contribution >= 0.6 is 15.9 Å². The van der Waals surface area contributed by atoms with Gasteiger partial charge in [-0.05, 0) is 26.0 Å². The molecule has 1 heterocycles. The van der Waals surface area contributed by atoms with Crippen LogP contribution < -0.4 is 5.73 Å². The summed E-state index contributed by atoms with van der Waals surface area (Å²) in [6.07, 6.45) is 0.888. The van der Waals surface area contributed by atoms with E-state index in [9.17, 15) is 0 Å². The molecule has 0 radical (unpaired) electrons. The molecule has 18 heavy (non-hydrogen) atoms. The van der Waals surface area contributed by atoms with Crippen LogP contribution in [0, 0.1) is 0 Å². The Balaban J connectivity index is 2.55. The molecule has 2 aromatic rings. The lowest BCUT2D eigenvalue weighted by molar-refractivity contribution is 0.579. The van der Waals surface area contributed by atoms with E-state index >= 15 is 0 Å². The maximum atomic E-state index is 6.24. The number of nitrogens with zero attached hydrogens (tertiary/aromatic N) is 2. The first kappa shape index (κ1) is 13.1. The molecule has 0 spiro atoms. The van der Waals surface area contributed by atoms with Crippen LogP contribution in [0.2, 0.25) is 0 Å². The fourth-order valence-corrected chi connectivity index (χ4v) is 2.40. The van der Waals surface area contributed by atoms with Crippen molar-refractivity contribution < 1.29 is 0 Å². The quantitative estimate of drug-likeness (QED) is 0.930. The molecule has 0 bridgehead atoms. The van der Waals surface area contributed by atoms with Gasteiger partial charge in [-0.15, -0.1) is 0 Å². The molecule has 2 N–H and O–H groups in total. The number of anilines is 1. The minimum Gasteiger partial charge on any atom is -0.383 e. The molecule has 0 aliphatic rings. The first-order chi connectivity index (χ1) is 8.54. The van der Waals surface area contributed by atoms with Crippen LogP contribution in [0.5, 0.6) is 0 Å². The van der Waals surface area contributed by atoms with Crippen molar-refractivity contribution in [2.24, 2.45) is 0 Å². The Labute approximate surface area is 116 Å². The number of nitrogens with two attached hydrogens (primary N) is 1. The molecule has 1 aromatic carbocycles. The van der Waals surface area contributed by atoms with Crippen molar-refractivity contribution in [1.29, 1.82) is 0 Å². The smallest absolute Gasteiger partial charge is 0.131 e. The van der Waals surface area contributed by atoms with Crippen LogP contribution in [0.1, 0.15) is 32.6 Å². The zero-order valence-electron chi connectivity index (χ0n) is 10.9. The van der Waals surface area contributed by atoms with E-state index in [0.29, 0.717) is 6.04 Å². The monoisotopic (exact) mass is 307 g/mol. The number of aromatic nitrogens is 2. The van der Waals surface area contributed by atoms with Crippen LogP contribution in [0.15, 0.2) is 28.7 Å². The van der Waals surface area contributed by atoms with Gasteiger partial charge in [-0.25, -0.2) is 4.98 Å². The zero-order chi connectivity index (χ0) is 13.3. The highest BCUT2D eigenvalue weighted by Gasteiger charge is 2.16. The van der Waals surface area contributed by atoms with Gasteiger partial charge in [0, 0.05) is 22.5 Å². The number of hydrogen-bond donors (Lipinski definition) is 1. The van der Waals surface area contributed by atoms with E-state index in [2.05, 4.69) is 46.3 Å². The maximum absolute atomic E-state index is 6.24. The summed E-state index contributed by atoms with van der Waals surface area (Å²) in [6, 6.07) is 8.42. The Kier molecular flexibility index (Phi) is 3.76. The van der Waals surface area contributed by atoms with Crippen LogP contribution in [0.4, 0.5) is 5.82 Å². The van der Waals surface area contributed by atoms with E-state index in [1.165, 1.54) is 0 Å². The van der Waals surface area contributed by atoms with Gasteiger partial charge in [0.05, 0.1) is 0 Å². The van der Waals surface area contributed by atoms with Crippen LogP contribution in [0.25, 0.3) is 11.3 Å². The molecule has 0 atom stereocenters. The predicted octanol–water partition coefficient (Wildman–Crippen LogP) is 4.04. The van der Waals surface area contributed by atoms with Crippen LogP contribution in [-0.2, 0) is 6.42 Å². The van der Waals surface area contributed by atoms with Gasteiger partial charge in [0.15, 0.2) is 0 Å². The lowest BCUT2D eigenvalue weighted by Crippen LogP contribution is -2.08. The molecule has 0 unspecified atom stereocenters. The number of aryl methyl sites for hydroxylation is 1. The van der Waals surface area contributed by atoms with Gasteiger partial charge in [-0.1, -0.05) is 35.0 Å². The normalized spacial score (nSPS) is 11.2. The third-order valence-corrected chi connectivity index (χ3v) is 3.50. The molecule has 96 valence electrons. The zero-order valence-corrected chi connectivity index (χ0v) is 12.5. The Morgan fingerprint density at radius 2 is 1.89 bits per heavy atom. The average Bonchev–Trinajstić information content (AvgIpc) is 2.67. The van der Waals surface area contributed by atoms with Gasteiger partial charge >= 0.3 is 0 Å². The van der Waals surface area contributed by atoms with E-state index in [4.69, 9.17) is 5.73 Å². The second-order valence-corrected chi connectivity index (χ2v) is 5.50. The summed E-state index contributed by atoms with van der Waals surface area (Å²) in [7, 11) is 0. The summed E-state index contributed by atoms with van der Waals surface area (Å²) in [5.74, 6) is 1.80. The highest BCUT2D eigenvalue weighted by atomic mass is 79.9. The maximum Gasteiger partial charge on any atom is 0.131 e. The molecule has 0 amide bonds. The van der Waals surface area contributed by atoms with Gasteiger partial charge in [0.1, 0.15) is 17.3 Å². The lowest BCUT2D eigenvalue weighted by atomic mass is 10.1. The molecule has 2 rings (SSSR count). The van der Waals surface area contributed by atoms with Crippen LogP contribution in [-0.4, -0.2) is 9.55 Å². The largest absolute Gasteiger partial charge is 0.383 e. The number of halogens is 1. The van der Waals surface area contributed by atoms with Crippen LogP contribution in [0.3, 0.4) is 0 Å². The first-order valence-electron chi connectivity index (χ1n) is 6.17. The number of rotatable bonds is 3. The number of benzene rings is 1. The Hall–Kier alpha value is -1.29. The summed E-state index contributed by atoms with van der Waals surface area (Å²) in [5, 5.41) is 0. The molecule has 0 aliphatic heterocycles. The molecule has 0 saturated carbocycles. The van der Waals surface area contributed by atoms with Crippen molar-refractivity contribution in [3.63, 3.8) is 0 Å². The van der Waals surface area contributed by atoms with Crippen molar-refractivity contribution in [3.8, 4) is 11.3 Å². The Bertz CT molecular complexity index is 541. The van der Waals surface area contributed by atoms with E-state index in [-0.39, 0.29) is 0 Å². The summed E-state index contributed by atoms with van der Waals surface area (Å²) in [4.78, 5) is 4.67. The van der Waals surface area contributed by atoms with Gasteiger partial charge in [-0.2, -0.15) is 0 Å². The summed E-state index contributed by atoms with van der Waals surface area (Å²) < 4.78 is 3.17. The molecule has 3 nitrogen and oxygen atoms in total.